The van der Waals surface area contributed by atoms with Crippen LogP contribution in [0.15, 0.2) is 23.1 Å². The second-order valence-corrected chi connectivity index (χ2v) is 5.48. The van der Waals surface area contributed by atoms with Gasteiger partial charge in [0.15, 0.2) is 11.6 Å². The Morgan fingerprint density at radius 3 is 2.59 bits per heavy atom. The largest absolute Gasteiger partial charge is 0.481 e. The molecule has 0 radical (unpaired) electrons. The molecule has 17 heavy (non-hydrogen) atoms. The molecule has 1 aromatic carbocycles. The van der Waals surface area contributed by atoms with Crippen molar-refractivity contribution >= 4 is 17.7 Å². The fourth-order valence-corrected chi connectivity index (χ4v) is 2.89. The standard InChI is InChI=1S/C12H12F2O2S/c13-9-2-1-8(5-10(9)14)17-7-12(3-4-12)6-11(15)16/h1-2,5H,3-4,6-7H2,(H,15,16). The van der Waals surface area contributed by atoms with Gasteiger partial charge in [0.2, 0.25) is 0 Å². The third kappa shape index (κ3) is 3.19. The third-order valence-electron chi connectivity index (χ3n) is 2.92. The van der Waals surface area contributed by atoms with E-state index in [-0.39, 0.29) is 11.8 Å². The molecule has 1 N–H and O–H groups in total. The molecular weight excluding hydrogens is 246 g/mol. The number of rotatable bonds is 5. The Morgan fingerprint density at radius 2 is 2.06 bits per heavy atom. The van der Waals surface area contributed by atoms with Crippen molar-refractivity contribution in [2.45, 2.75) is 24.2 Å². The first-order valence-corrected chi connectivity index (χ1v) is 6.29. The minimum absolute atomic E-state index is 0.138. The number of benzene rings is 1. The van der Waals surface area contributed by atoms with Gasteiger partial charge in [-0.15, -0.1) is 11.8 Å². The summed E-state index contributed by atoms with van der Waals surface area (Å²) in [5.41, 5.74) is -0.138. The Balaban J connectivity index is 1.94. The predicted octanol–water partition coefficient (Wildman–Crippen LogP) is 3.31. The summed E-state index contributed by atoms with van der Waals surface area (Å²) in [6, 6.07) is 3.76. The lowest BCUT2D eigenvalue weighted by Crippen LogP contribution is -2.10. The minimum Gasteiger partial charge on any atom is -0.481 e. The van der Waals surface area contributed by atoms with Crippen LogP contribution >= 0.6 is 11.8 Å². The molecule has 5 heteroatoms. The summed E-state index contributed by atoms with van der Waals surface area (Å²) < 4.78 is 25.6. The number of hydrogen-bond donors (Lipinski definition) is 1. The van der Waals surface area contributed by atoms with E-state index in [4.69, 9.17) is 5.11 Å². The highest BCUT2D eigenvalue weighted by Crippen LogP contribution is 2.51. The molecule has 2 rings (SSSR count). The minimum atomic E-state index is -0.863. The van der Waals surface area contributed by atoms with Gasteiger partial charge in [0.1, 0.15) is 0 Å². The van der Waals surface area contributed by atoms with E-state index in [0.717, 1.165) is 25.0 Å². The van der Waals surface area contributed by atoms with Gasteiger partial charge in [0, 0.05) is 10.6 Å². The van der Waals surface area contributed by atoms with Crippen LogP contribution in [-0.2, 0) is 4.79 Å². The number of hydrogen-bond acceptors (Lipinski definition) is 2. The van der Waals surface area contributed by atoms with Crippen molar-refractivity contribution in [3.05, 3.63) is 29.8 Å². The Labute approximate surface area is 102 Å². The zero-order valence-electron chi connectivity index (χ0n) is 9.08. The van der Waals surface area contributed by atoms with Gasteiger partial charge in [-0.1, -0.05) is 0 Å². The number of carbonyl (C=O) groups is 1. The maximum atomic E-state index is 12.9. The monoisotopic (exact) mass is 258 g/mol. The molecule has 0 bridgehead atoms. The quantitative estimate of drug-likeness (QED) is 0.823. The molecular formula is C12H12F2O2S. The second-order valence-electron chi connectivity index (χ2n) is 4.44. The number of aliphatic carboxylic acids is 1. The number of carboxylic acids is 1. The molecule has 1 fully saturated rings. The smallest absolute Gasteiger partial charge is 0.303 e. The molecule has 0 aliphatic heterocycles. The van der Waals surface area contributed by atoms with E-state index >= 15 is 0 Å². The van der Waals surface area contributed by atoms with Gasteiger partial charge in [0.25, 0.3) is 0 Å². The molecule has 1 aromatic rings. The molecule has 2 nitrogen and oxygen atoms in total. The van der Waals surface area contributed by atoms with Crippen molar-refractivity contribution < 1.29 is 18.7 Å². The summed E-state index contributed by atoms with van der Waals surface area (Å²) in [5, 5.41) is 8.75. The Bertz CT molecular complexity index is 444. The lowest BCUT2D eigenvalue weighted by atomic mass is 10.1. The topological polar surface area (TPSA) is 37.3 Å². The average Bonchev–Trinajstić information content (AvgIpc) is 2.99. The van der Waals surface area contributed by atoms with E-state index in [1.54, 1.807) is 0 Å². The number of halogens is 2. The molecule has 0 aromatic heterocycles. The van der Waals surface area contributed by atoms with Gasteiger partial charge in [-0.3, -0.25) is 4.79 Å². The van der Waals surface area contributed by atoms with Gasteiger partial charge in [-0.2, -0.15) is 0 Å². The van der Waals surface area contributed by atoms with Crippen LogP contribution in [0.25, 0.3) is 0 Å². The van der Waals surface area contributed by atoms with E-state index in [1.165, 1.54) is 17.8 Å². The molecule has 1 aliphatic carbocycles. The van der Waals surface area contributed by atoms with Crippen molar-refractivity contribution in [1.29, 1.82) is 0 Å². The zero-order valence-corrected chi connectivity index (χ0v) is 9.90. The number of carboxylic acid groups (broad SMARTS) is 1. The van der Waals surface area contributed by atoms with Gasteiger partial charge >= 0.3 is 5.97 Å². The Morgan fingerprint density at radius 1 is 1.35 bits per heavy atom. The fourth-order valence-electron chi connectivity index (χ4n) is 1.67. The van der Waals surface area contributed by atoms with Crippen LogP contribution in [0.4, 0.5) is 8.78 Å². The van der Waals surface area contributed by atoms with Gasteiger partial charge in [0.05, 0.1) is 6.42 Å². The van der Waals surface area contributed by atoms with Crippen LogP contribution in [0, 0.1) is 17.0 Å². The third-order valence-corrected chi connectivity index (χ3v) is 4.26. The van der Waals surface area contributed by atoms with Crippen molar-refractivity contribution in [2.24, 2.45) is 5.41 Å². The molecule has 0 atom stereocenters. The van der Waals surface area contributed by atoms with Crippen molar-refractivity contribution in [1.82, 2.24) is 0 Å². The number of thioether (sulfide) groups is 1. The van der Waals surface area contributed by atoms with E-state index in [0.29, 0.717) is 10.6 Å². The van der Waals surface area contributed by atoms with Gasteiger partial charge in [-0.05, 0) is 36.5 Å². The van der Waals surface area contributed by atoms with E-state index in [9.17, 15) is 13.6 Å². The molecule has 0 saturated heterocycles. The van der Waals surface area contributed by atoms with E-state index in [1.807, 2.05) is 0 Å². The summed E-state index contributed by atoms with van der Waals surface area (Å²) >= 11 is 1.38. The highest BCUT2D eigenvalue weighted by Gasteiger charge is 2.44. The van der Waals surface area contributed by atoms with E-state index in [2.05, 4.69) is 0 Å². The lowest BCUT2D eigenvalue weighted by Gasteiger charge is -2.11. The average molecular weight is 258 g/mol. The lowest BCUT2D eigenvalue weighted by molar-refractivity contribution is -0.138. The molecule has 92 valence electrons. The summed E-state index contributed by atoms with van der Waals surface area (Å²) in [4.78, 5) is 11.3. The van der Waals surface area contributed by atoms with Crippen LogP contribution in [0.3, 0.4) is 0 Å². The molecule has 1 saturated carbocycles. The second kappa shape index (κ2) is 4.64. The van der Waals surface area contributed by atoms with Crippen LogP contribution < -0.4 is 0 Å². The molecule has 0 unspecified atom stereocenters. The first-order valence-electron chi connectivity index (χ1n) is 5.30. The molecule has 1 aliphatic rings. The first-order chi connectivity index (χ1) is 8.01. The van der Waals surface area contributed by atoms with E-state index < -0.39 is 17.6 Å². The first kappa shape index (κ1) is 12.4. The van der Waals surface area contributed by atoms with Crippen molar-refractivity contribution in [2.75, 3.05) is 5.75 Å². The molecule has 0 spiro atoms. The fraction of sp³-hybridized carbons (Fsp3) is 0.417. The zero-order chi connectivity index (χ0) is 12.5. The normalized spacial score (nSPS) is 16.8. The maximum absolute atomic E-state index is 12.9. The highest BCUT2D eigenvalue weighted by atomic mass is 32.2. The Hall–Kier alpha value is -1.10. The summed E-state index contributed by atoms with van der Waals surface area (Å²) in [6.07, 6.45) is 1.95. The van der Waals surface area contributed by atoms with Crippen LogP contribution in [-0.4, -0.2) is 16.8 Å². The van der Waals surface area contributed by atoms with Gasteiger partial charge in [-0.25, -0.2) is 8.78 Å². The maximum Gasteiger partial charge on any atom is 0.303 e. The van der Waals surface area contributed by atoms with Crippen molar-refractivity contribution in [3.63, 3.8) is 0 Å². The molecule has 0 amide bonds. The summed E-state index contributed by atoms with van der Waals surface area (Å²) in [6.45, 7) is 0. The summed E-state index contributed by atoms with van der Waals surface area (Å²) in [7, 11) is 0. The SMILES string of the molecule is O=C(O)CC1(CSc2ccc(F)c(F)c2)CC1. The van der Waals surface area contributed by atoms with Gasteiger partial charge < -0.3 is 5.11 Å². The summed E-state index contributed by atoms with van der Waals surface area (Å²) in [5.74, 6) is -1.88. The predicted molar refractivity (Wildman–Crippen MR) is 61.0 cm³/mol. The van der Waals surface area contributed by atoms with Crippen molar-refractivity contribution in [3.8, 4) is 0 Å². The highest BCUT2D eigenvalue weighted by molar-refractivity contribution is 7.99. The molecule has 0 heterocycles. The van der Waals surface area contributed by atoms with Crippen LogP contribution in [0.1, 0.15) is 19.3 Å². The van der Waals surface area contributed by atoms with Crippen LogP contribution in [0.2, 0.25) is 0 Å². The Kier molecular flexibility index (Phi) is 3.38. The van der Waals surface area contributed by atoms with Crippen LogP contribution in [0.5, 0.6) is 0 Å².